The van der Waals surface area contributed by atoms with Gasteiger partial charge in [-0.3, -0.25) is 4.79 Å². The Morgan fingerprint density at radius 1 is 1.15 bits per heavy atom. The standard InChI is InChI=1S/C21H32N2O3S/c1-17(2)9-10-18(3)22-21(24)20-11-14-23(15-12-20)27(25,26)16-13-19-7-5-4-6-8-19/h4-8,13,16-18,20H,9-12,14-15H2,1-3H3,(H,22,24)/b16-13+/t18-/m1/s1. The lowest BCUT2D eigenvalue weighted by Crippen LogP contribution is -2.44. The molecule has 1 atom stereocenters. The lowest BCUT2D eigenvalue weighted by Gasteiger charge is -2.30. The molecule has 1 heterocycles. The van der Waals surface area contributed by atoms with Crippen LogP contribution < -0.4 is 5.32 Å². The van der Waals surface area contributed by atoms with Crippen molar-refractivity contribution >= 4 is 22.0 Å². The fourth-order valence-electron chi connectivity index (χ4n) is 3.20. The topological polar surface area (TPSA) is 66.5 Å². The Hall–Kier alpha value is -1.66. The van der Waals surface area contributed by atoms with Crippen LogP contribution in [-0.4, -0.2) is 37.8 Å². The van der Waals surface area contributed by atoms with Gasteiger partial charge in [-0.25, -0.2) is 8.42 Å². The molecule has 0 unspecified atom stereocenters. The summed E-state index contributed by atoms with van der Waals surface area (Å²) in [7, 11) is -3.45. The van der Waals surface area contributed by atoms with Crippen molar-refractivity contribution in [3.63, 3.8) is 0 Å². The Morgan fingerprint density at radius 2 is 1.78 bits per heavy atom. The van der Waals surface area contributed by atoms with Crippen molar-refractivity contribution in [2.75, 3.05) is 13.1 Å². The molecule has 0 aromatic heterocycles. The van der Waals surface area contributed by atoms with Crippen molar-refractivity contribution in [2.45, 2.75) is 52.5 Å². The monoisotopic (exact) mass is 392 g/mol. The fourth-order valence-corrected chi connectivity index (χ4v) is 4.42. The molecule has 5 nitrogen and oxygen atoms in total. The van der Waals surface area contributed by atoms with Crippen LogP contribution in [0.2, 0.25) is 0 Å². The van der Waals surface area contributed by atoms with Gasteiger partial charge in [0.2, 0.25) is 15.9 Å². The van der Waals surface area contributed by atoms with Gasteiger partial charge in [-0.15, -0.1) is 0 Å². The summed E-state index contributed by atoms with van der Waals surface area (Å²) in [5.74, 6) is 0.584. The van der Waals surface area contributed by atoms with E-state index in [1.807, 2.05) is 37.3 Å². The zero-order valence-electron chi connectivity index (χ0n) is 16.6. The number of nitrogens with zero attached hydrogens (tertiary/aromatic N) is 1. The second kappa shape index (κ2) is 10.0. The largest absolute Gasteiger partial charge is 0.353 e. The average molecular weight is 393 g/mol. The molecule has 1 aromatic rings. The number of hydrogen-bond donors (Lipinski definition) is 1. The van der Waals surface area contributed by atoms with Crippen molar-refractivity contribution in [3.05, 3.63) is 41.3 Å². The van der Waals surface area contributed by atoms with Gasteiger partial charge in [-0.05, 0) is 50.2 Å². The van der Waals surface area contributed by atoms with E-state index in [9.17, 15) is 13.2 Å². The molecular formula is C21H32N2O3S. The molecule has 0 bridgehead atoms. The predicted molar refractivity (Wildman–Crippen MR) is 110 cm³/mol. The fraction of sp³-hybridized carbons (Fsp3) is 0.571. The van der Waals surface area contributed by atoms with Crippen LogP contribution in [-0.2, 0) is 14.8 Å². The maximum Gasteiger partial charge on any atom is 0.236 e. The van der Waals surface area contributed by atoms with Crippen molar-refractivity contribution in [3.8, 4) is 0 Å². The second-order valence-electron chi connectivity index (χ2n) is 7.81. The molecule has 0 saturated carbocycles. The summed E-state index contributed by atoms with van der Waals surface area (Å²) in [4.78, 5) is 12.4. The Bertz CT molecular complexity index is 721. The van der Waals surface area contributed by atoms with Crippen molar-refractivity contribution < 1.29 is 13.2 Å². The van der Waals surface area contributed by atoms with Crippen LogP contribution in [0.5, 0.6) is 0 Å². The van der Waals surface area contributed by atoms with Gasteiger partial charge in [0.05, 0.1) is 0 Å². The molecule has 1 saturated heterocycles. The van der Waals surface area contributed by atoms with E-state index in [0.717, 1.165) is 18.4 Å². The van der Waals surface area contributed by atoms with Crippen LogP contribution in [0.1, 0.15) is 52.0 Å². The van der Waals surface area contributed by atoms with Gasteiger partial charge in [0, 0.05) is 30.5 Å². The lowest BCUT2D eigenvalue weighted by atomic mass is 9.96. The predicted octanol–water partition coefficient (Wildman–Crippen LogP) is 3.64. The molecular weight excluding hydrogens is 360 g/mol. The summed E-state index contributed by atoms with van der Waals surface area (Å²) >= 11 is 0. The van der Waals surface area contributed by atoms with E-state index in [1.54, 1.807) is 6.08 Å². The minimum atomic E-state index is -3.45. The minimum absolute atomic E-state index is 0.0585. The van der Waals surface area contributed by atoms with Crippen LogP contribution in [0.4, 0.5) is 0 Å². The lowest BCUT2D eigenvalue weighted by molar-refractivity contribution is -0.126. The highest BCUT2D eigenvalue weighted by molar-refractivity contribution is 7.92. The SMILES string of the molecule is CC(C)CC[C@@H](C)NC(=O)C1CCN(S(=O)(=O)/C=C/c2ccccc2)CC1. The van der Waals surface area contributed by atoms with E-state index >= 15 is 0 Å². The third-order valence-corrected chi connectivity index (χ3v) is 6.55. The van der Waals surface area contributed by atoms with Crippen LogP contribution in [0.25, 0.3) is 6.08 Å². The van der Waals surface area contributed by atoms with E-state index in [-0.39, 0.29) is 17.9 Å². The molecule has 2 rings (SSSR count). The van der Waals surface area contributed by atoms with Gasteiger partial charge in [-0.1, -0.05) is 44.2 Å². The van der Waals surface area contributed by atoms with Crippen LogP contribution in [0.3, 0.4) is 0 Å². The van der Waals surface area contributed by atoms with E-state index in [1.165, 1.54) is 9.71 Å². The summed E-state index contributed by atoms with van der Waals surface area (Å²) in [6, 6.07) is 9.53. The van der Waals surface area contributed by atoms with Crippen LogP contribution >= 0.6 is 0 Å². The molecule has 1 aliphatic rings. The first kappa shape index (κ1) is 21.6. The number of rotatable bonds is 8. The summed E-state index contributed by atoms with van der Waals surface area (Å²) in [6.45, 7) is 7.17. The Morgan fingerprint density at radius 3 is 2.37 bits per heavy atom. The van der Waals surface area contributed by atoms with E-state index in [0.29, 0.717) is 31.8 Å². The Kier molecular flexibility index (Phi) is 8.05. The number of carbonyl (C=O) groups is 1. The van der Waals surface area contributed by atoms with Gasteiger partial charge in [-0.2, -0.15) is 4.31 Å². The summed E-state index contributed by atoms with van der Waals surface area (Å²) < 4.78 is 26.5. The van der Waals surface area contributed by atoms with Gasteiger partial charge in [0.15, 0.2) is 0 Å². The summed E-state index contributed by atoms with van der Waals surface area (Å²) in [5.41, 5.74) is 0.853. The van der Waals surface area contributed by atoms with E-state index in [2.05, 4.69) is 19.2 Å². The van der Waals surface area contributed by atoms with Crippen molar-refractivity contribution in [1.29, 1.82) is 0 Å². The Labute approximate surface area is 163 Å². The number of carbonyl (C=O) groups excluding carboxylic acids is 1. The zero-order valence-corrected chi connectivity index (χ0v) is 17.4. The smallest absolute Gasteiger partial charge is 0.236 e. The van der Waals surface area contributed by atoms with Gasteiger partial charge in [0.1, 0.15) is 0 Å². The van der Waals surface area contributed by atoms with Gasteiger partial charge >= 0.3 is 0 Å². The zero-order chi connectivity index (χ0) is 19.9. The molecule has 1 N–H and O–H groups in total. The maximum absolute atomic E-state index is 12.5. The highest BCUT2D eigenvalue weighted by Gasteiger charge is 2.30. The summed E-state index contributed by atoms with van der Waals surface area (Å²) in [6.07, 6.45) is 4.82. The molecule has 0 aliphatic carbocycles. The van der Waals surface area contributed by atoms with Gasteiger partial charge < -0.3 is 5.32 Å². The van der Waals surface area contributed by atoms with Crippen LogP contribution in [0.15, 0.2) is 35.7 Å². The molecule has 1 fully saturated rings. The van der Waals surface area contributed by atoms with Crippen molar-refractivity contribution in [1.82, 2.24) is 9.62 Å². The number of amides is 1. The number of hydrogen-bond acceptors (Lipinski definition) is 3. The third-order valence-electron chi connectivity index (χ3n) is 4.98. The normalized spacial score (nSPS) is 18.1. The molecule has 1 aromatic carbocycles. The molecule has 150 valence electrons. The van der Waals surface area contributed by atoms with Crippen LogP contribution in [0, 0.1) is 11.8 Å². The average Bonchev–Trinajstić information content (AvgIpc) is 2.66. The molecule has 0 radical (unpaired) electrons. The number of sulfonamides is 1. The maximum atomic E-state index is 12.5. The molecule has 1 amide bonds. The van der Waals surface area contributed by atoms with Crippen molar-refractivity contribution in [2.24, 2.45) is 11.8 Å². The molecule has 1 aliphatic heterocycles. The third kappa shape index (κ3) is 7.11. The summed E-state index contributed by atoms with van der Waals surface area (Å²) in [5, 5.41) is 4.34. The highest BCUT2D eigenvalue weighted by Crippen LogP contribution is 2.21. The second-order valence-corrected chi connectivity index (χ2v) is 9.63. The first-order valence-electron chi connectivity index (χ1n) is 9.81. The Balaban J connectivity index is 1.83. The number of nitrogens with one attached hydrogen (secondary N) is 1. The highest BCUT2D eigenvalue weighted by atomic mass is 32.2. The van der Waals surface area contributed by atoms with Gasteiger partial charge in [0.25, 0.3) is 0 Å². The van der Waals surface area contributed by atoms with E-state index in [4.69, 9.17) is 0 Å². The first-order valence-corrected chi connectivity index (χ1v) is 11.3. The molecule has 27 heavy (non-hydrogen) atoms. The van der Waals surface area contributed by atoms with E-state index < -0.39 is 10.0 Å². The molecule has 6 heteroatoms. The number of benzene rings is 1. The minimum Gasteiger partial charge on any atom is -0.353 e. The molecule has 0 spiro atoms. The number of piperidine rings is 1. The first-order chi connectivity index (χ1) is 12.8. The quantitative estimate of drug-likeness (QED) is 0.734.